The van der Waals surface area contributed by atoms with E-state index in [1.54, 1.807) is 0 Å². The molecular formula is C83H162O17P2. The fraction of sp³-hybridized carbons (Fsp3) is 0.952. The number of hydrogen-bond acceptors (Lipinski definition) is 15. The molecule has 0 aliphatic carbocycles. The van der Waals surface area contributed by atoms with Crippen LogP contribution in [0.3, 0.4) is 0 Å². The highest BCUT2D eigenvalue weighted by molar-refractivity contribution is 7.47. The largest absolute Gasteiger partial charge is 0.472 e. The molecule has 0 aromatic heterocycles. The summed E-state index contributed by atoms with van der Waals surface area (Å²) in [6.45, 7) is 9.70. The summed E-state index contributed by atoms with van der Waals surface area (Å²) in [5, 5.41) is 10.7. The van der Waals surface area contributed by atoms with Crippen molar-refractivity contribution < 1.29 is 80.2 Å². The van der Waals surface area contributed by atoms with Gasteiger partial charge >= 0.3 is 39.5 Å². The van der Waals surface area contributed by atoms with Gasteiger partial charge in [-0.05, 0) is 37.5 Å². The van der Waals surface area contributed by atoms with Gasteiger partial charge in [0.25, 0.3) is 0 Å². The van der Waals surface area contributed by atoms with Crippen molar-refractivity contribution in [2.75, 3.05) is 39.6 Å². The van der Waals surface area contributed by atoms with Gasteiger partial charge in [-0.2, -0.15) is 0 Å². The van der Waals surface area contributed by atoms with E-state index in [0.717, 1.165) is 102 Å². The zero-order valence-corrected chi connectivity index (χ0v) is 68.7. The van der Waals surface area contributed by atoms with Crippen LogP contribution in [0.25, 0.3) is 0 Å². The maximum atomic E-state index is 13.1. The Kier molecular flexibility index (Phi) is 73.1. The van der Waals surface area contributed by atoms with Gasteiger partial charge in [-0.25, -0.2) is 9.13 Å². The lowest BCUT2D eigenvalue weighted by Gasteiger charge is -2.21. The summed E-state index contributed by atoms with van der Waals surface area (Å²) in [5.41, 5.74) is 0. The van der Waals surface area contributed by atoms with E-state index >= 15 is 0 Å². The van der Waals surface area contributed by atoms with E-state index in [9.17, 15) is 43.2 Å². The van der Waals surface area contributed by atoms with Gasteiger partial charge in [-0.1, -0.05) is 388 Å². The number of phosphoric ester groups is 2. The molecular weight excluding hydrogens is 1330 g/mol. The van der Waals surface area contributed by atoms with Crippen LogP contribution in [0.2, 0.25) is 0 Å². The summed E-state index contributed by atoms with van der Waals surface area (Å²) in [6, 6.07) is 0. The van der Waals surface area contributed by atoms with E-state index in [1.807, 2.05) is 0 Å². The second-order valence-corrected chi connectivity index (χ2v) is 33.7. The lowest BCUT2D eigenvalue weighted by Crippen LogP contribution is -2.30. The average Bonchev–Trinajstić information content (AvgIpc) is 0.950. The van der Waals surface area contributed by atoms with Crippen molar-refractivity contribution in [3.8, 4) is 0 Å². The topological polar surface area (TPSA) is 237 Å². The molecule has 3 N–H and O–H groups in total. The minimum absolute atomic E-state index is 0.108. The maximum absolute atomic E-state index is 13.1. The molecule has 0 saturated carbocycles. The van der Waals surface area contributed by atoms with Gasteiger partial charge in [-0.3, -0.25) is 37.3 Å². The normalized spacial score (nSPS) is 13.9. The number of unbranched alkanes of at least 4 members (excludes halogenated alkanes) is 52. The first-order valence-corrected chi connectivity index (χ1v) is 46.0. The number of rotatable bonds is 82. The van der Waals surface area contributed by atoms with Crippen molar-refractivity contribution in [3.05, 3.63) is 0 Å². The molecule has 5 atom stereocenters. The molecule has 19 heteroatoms. The number of carbonyl (C=O) groups excluding carboxylic acids is 4. The van der Waals surface area contributed by atoms with Crippen LogP contribution >= 0.6 is 15.6 Å². The Bertz CT molecular complexity index is 1960. The summed E-state index contributed by atoms with van der Waals surface area (Å²) in [4.78, 5) is 73.2. The second kappa shape index (κ2) is 74.5. The Morgan fingerprint density at radius 3 is 0.667 bits per heavy atom. The highest BCUT2D eigenvalue weighted by atomic mass is 31.2. The summed E-state index contributed by atoms with van der Waals surface area (Å²) in [5.74, 6) is -0.516. The molecule has 0 spiro atoms. The third kappa shape index (κ3) is 76.3. The fourth-order valence-corrected chi connectivity index (χ4v) is 14.5. The van der Waals surface area contributed by atoms with Crippen molar-refractivity contribution in [3.63, 3.8) is 0 Å². The molecule has 0 amide bonds. The Morgan fingerprint density at radius 2 is 0.451 bits per heavy atom. The van der Waals surface area contributed by atoms with Crippen molar-refractivity contribution in [1.82, 2.24) is 0 Å². The predicted octanol–water partition coefficient (Wildman–Crippen LogP) is 25.1. The van der Waals surface area contributed by atoms with Crippen LogP contribution in [0.15, 0.2) is 0 Å². The molecule has 0 aromatic carbocycles. The van der Waals surface area contributed by atoms with Crippen LogP contribution < -0.4 is 0 Å². The van der Waals surface area contributed by atoms with E-state index in [0.29, 0.717) is 25.7 Å². The molecule has 0 heterocycles. The van der Waals surface area contributed by atoms with Crippen molar-refractivity contribution >= 4 is 39.5 Å². The van der Waals surface area contributed by atoms with Crippen LogP contribution in [-0.2, 0) is 65.4 Å². The lowest BCUT2D eigenvalue weighted by molar-refractivity contribution is -0.161. The van der Waals surface area contributed by atoms with E-state index < -0.39 is 97.5 Å². The van der Waals surface area contributed by atoms with Gasteiger partial charge < -0.3 is 33.8 Å². The van der Waals surface area contributed by atoms with E-state index in [2.05, 4.69) is 41.5 Å². The fourth-order valence-electron chi connectivity index (χ4n) is 12.9. The van der Waals surface area contributed by atoms with Gasteiger partial charge in [0.1, 0.15) is 19.3 Å². The molecule has 0 saturated heterocycles. The van der Waals surface area contributed by atoms with Crippen LogP contribution in [0, 0.1) is 11.8 Å². The molecule has 0 aromatic rings. The van der Waals surface area contributed by atoms with Gasteiger partial charge in [0.2, 0.25) is 0 Å². The van der Waals surface area contributed by atoms with Crippen LogP contribution in [0.4, 0.5) is 0 Å². The third-order valence-corrected chi connectivity index (χ3v) is 21.4. The summed E-state index contributed by atoms with van der Waals surface area (Å²) >= 11 is 0. The molecule has 0 aliphatic rings. The molecule has 2 unspecified atom stereocenters. The van der Waals surface area contributed by atoms with Gasteiger partial charge in [-0.15, -0.1) is 0 Å². The number of esters is 4. The molecule has 0 radical (unpaired) electrons. The number of aliphatic hydroxyl groups is 1. The third-order valence-electron chi connectivity index (χ3n) is 19.5. The summed E-state index contributed by atoms with van der Waals surface area (Å²) in [7, 11) is -9.92. The minimum Gasteiger partial charge on any atom is -0.462 e. The SMILES string of the molecule is CCCCCCCCCCCCCCCCCCC(=O)O[C@H](COC(=O)CCCCCCCCCCCCCCC)COP(=O)(O)OC[C@H](O)COP(=O)(O)OC[C@@H](COC(=O)CCCCCCCCCCCCCCCC(C)C)OC(=O)CCCCCCCCCCCCCCCCC(C)C. The molecule has 606 valence electrons. The second-order valence-electron chi connectivity index (χ2n) is 30.8. The van der Waals surface area contributed by atoms with Crippen LogP contribution in [0.1, 0.15) is 440 Å². The standard InChI is InChI=1S/C83H162O17P2/c1-7-9-11-13-15-17-19-21-22-23-30-37-43-49-55-61-67-82(87)99-78(71-93-80(85)65-59-53-47-41-35-27-20-18-16-14-12-10-8-2)73-97-101(89,90)95-69-77(84)70-96-102(91,92)98-74-79(72-94-81(86)66-60-54-48-42-36-32-26-29-34-40-46-52-58-64-76(5)6)100-83(88)68-62-56-50-44-38-31-25-24-28-33-39-45-51-57-63-75(3)4/h75-79,84H,7-74H2,1-6H3,(H,89,90)(H,91,92)/t77-,78+,79+/m0/s1. The first-order chi connectivity index (χ1) is 49.4. The van der Waals surface area contributed by atoms with E-state index in [-0.39, 0.29) is 25.7 Å². The minimum atomic E-state index is -4.96. The molecule has 0 fully saturated rings. The number of phosphoric acid groups is 2. The number of aliphatic hydroxyl groups excluding tert-OH is 1. The first kappa shape index (κ1) is 100. The van der Waals surface area contributed by atoms with Crippen LogP contribution in [0.5, 0.6) is 0 Å². The van der Waals surface area contributed by atoms with Gasteiger partial charge in [0, 0.05) is 25.7 Å². The highest BCUT2D eigenvalue weighted by Crippen LogP contribution is 2.45. The number of carbonyl (C=O) groups is 4. The van der Waals surface area contributed by atoms with Gasteiger partial charge in [0.05, 0.1) is 26.4 Å². The maximum Gasteiger partial charge on any atom is 0.472 e. The van der Waals surface area contributed by atoms with Gasteiger partial charge in [0.15, 0.2) is 12.2 Å². The molecule has 17 nitrogen and oxygen atoms in total. The van der Waals surface area contributed by atoms with E-state index in [4.69, 9.17) is 37.0 Å². The van der Waals surface area contributed by atoms with Crippen LogP contribution in [-0.4, -0.2) is 96.7 Å². The average molecular weight is 1490 g/mol. The van der Waals surface area contributed by atoms with Crippen molar-refractivity contribution in [1.29, 1.82) is 0 Å². The smallest absolute Gasteiger partial charge is 0.462 e. The Morgan fingerprint density at radius 1 is 0.265 bits per heavy atom. The lowest BCUT2D eigenvalue weighted by atomic mass is 10.0. The molecule has 0 aliphatic heterocycles. The van der Waals surface area contributed by atoms with Crippen molar-refractivity contribution in [2.45, 2.75) is 458 Å². The summed E-state index contributed by atoms with van der Waals surface area (Å²) in [6.07, 6.45) is 65.0. The van der Waals surface area contributed by atoms with Crippen molar-refractivity contribution in [2.24, 2.45) is 11.8 Å². The number of ether oxygens (including phenoxy) is 4. The zero-order valence-electron chi connectivity index (χ0n) is 66.9. The summed E-state index contributed by atoms with van der Waals surface area (Å²) < 4.78 is 68.8. The Balaban J connectivity index is 5.27. The molecule has 0 rings (SSSR count). The zero-order chi connectivity index (χ0) is 74.9. The predicted molar refractivity (Wildman–Crippen MR) is 418 cm³/mol. The number of hydrogen-bond donors (Lipinski definition) is 3. The monoisotopic (exact) mass is 1490 g/mol. The first-order valence-electron chi connectivity index (χ1n) is 43.0. The Hall–Kier alpha value is -1.94. The Labute approximate surface area is 626 Å². The molecule has 102 heavy (non-hydrogen) atoms. The highest BCUT2D eigenvalue weighted by Gasteiger charge is 2.30. The van der Waals surface area contributed by atoms with E-state index in [1.165, 1.54) is 257 Å². The quantitative estimate of drug-likeness (QED) is 0.0222. The molecule has 0 bridgehead atoms.